The molecule has 4 rings (SSSR count). The third kappa shape index (κ3) is 2.60. The molecule has 1 fully saturated rings. The van der Waals surface area contributed by atoms with Crippen molar-refractivity contribution in [3.63, 3.8) is 0 Å². The van der Waals surface area contributed by atoms with Gasteiger partial charge in [-0.05, 0) is 25.8 Å². The van der Waals surface area contributed by atoms with Crippen molar-refractivity contribution in [1.29, 1.82) is 0 Å². The number of rotatable bonds is 2. The summed E-state index contributed by atoms with van der Waals surface area (Å²) >= 11 is 0. The van der Waals surface area contributed by atoms with Gasteiger partial charge in [0, 0.05) is 30.9 Å². The normalized spacial score (nSPS) is 16.8. The summed E-state index contributed by atoms with van der Waals surface area (Å²) in [5, 5.41) is 5.94. The van der Waals surface area contributed by atoms with Gasteiger partial charge in [-0.2, -0.15) is 5.10 Å². The number of amides is 1. The van der Waals surface area contributed by atoms with Crippen LogP contribution >= 0.6 is 0 Å². The number of aromatic nitrogens is 3. The maximum atomic E-state index is 13.2. The van der Waals surface area contributed by atoms with E-state index in [0.29, 0.717) is 5.52 Å². The lowest BCUT2D eigenvalue weighted by Crippen LogP contribution is -2.37. The summed E-state index contributed by atoms with van der Waals surface area (Å²) in [5.74, 6) is 0.0911. The highest BCUT2D eigenvalue weighted by molar-refractivity contribution is 6.08. The number of nitrogens with zero attached hydrogens (tertiary/aromatic N) is 4. The maximum absolute atomic E-state index is 13.2. The molecular weight excluding hydrogens is 328 g/mol. The number of hydrogen-bond acceptors (Lipinski definition) is 3. The van der Waals surface area contributed by atoms with Crippen LogP contribution in [0.3, 0.4) is 0 Å². The number of carbonyl (C=O) groups excluding carboxylic acids is 1. The first-order valence-corrected chi connectivity index (χ1v) is 9.33. The monoisotopic (exact) mass is 352 g/mol. The zero-order valence-corrected chi connectivity index (χ0v) is 15.3. The van der Waals surface area contributed by atoms with Gasteiger partial charge < -0.3 is 9.47 Å². The Morgan fingerprint density at radius 3 is 2.50 bits per heavy atom. The van der Waals surface area contributed by atoms with Crippen molar-refractivity contribution in [2.75, 3.05) is 13.1 Å². The van der Waals surface area contributed by atoms with Crippen LogP contribution in [0.1, 0.15) is 38.6 Å². The lowest BCUT2D eigenvalue weighted by atomic mass is 10.2. The van der Waals surface area contributed by atoms with Gasteiger partial charge in [0.25, 0.3) is 5.56 Å². The van der Waals surface area contributed by atoms with Crippen molar-refractivity contribution in [2.45, 2.75) is 38.6 Å². The standard InChI is InChI=1S/C20H24N4O2/c1-14(19(25)23-11-7-3-4-8-12-23)24-17-10-6-5-9-15(17)16-13-21-22(2)20(26)18(16)24/h5-6,9-10,13-14H,3-4,7-8,11-12H2,1-2H3/t14-/m1/s1. The number of benzene rings is 1. The van der Waals surface area contributed by atoms with Gasteiger partial charge in [-0.1, -0.05) is 31.0 Å². The predicted molar refractivity (Wildman–Crippen MR) is 102 cm³/mol. The number of carbonyl (C=O) groups is 1. The average Bonchev–Trinajstić information content (AvgIpc) is 2.80. The summed E-state index contributed by atoms with van der Waals surface area (Å²) in [7, 11) is 1.64. The van der Waals surface area contributed by atoms with Crippen LogP contribution in [-0.2, 0) is 11.8 Å². The lowest BCUT2D eigenvalue weighted by Gasteiger charge is -2.25. The van der Waals surface area contributed by atoms with E-state index in [-0.39, 0.29) is 11.5 Å². The molecule has 0 aliphatic carbocycles. The molecule has 1 amide bonds. The molecule has 3 aromatic rings. The van der Waals surface area contributed by atoms with E-state index in [2.05, 4.69) is 5.10 Å². The minimum Gasteiger partial charge on any atom is -0.341 e. The molecule has 1 aliphatic heterocycles. The lowest BCUT2D eigenvalue weighted by molar-refractivity contribution is -0.134. The van der Waals surface area contributed by atoms with Crippen molar-refractivity contribution in [3.8, 4) is 0 Å². The van der Waals surface area contributed by atoms with Gasteiger partial charge in [-0.15, -0.1) is 0 Å². The fourth-order valence-corrected chi connectivity index (χ4v) is 4.06. The summed E-state index contributed by atoms with van der Waals surface area (Å²) in [4.78, 5) is 28.0. The molecule has 3 heterocycles. The van der Waals surface area contributed by atoms with Crippen LogP contribution in [0.2, 0.25) is 0 Å². The first-order chi connectivity index (χ1) is 12.6. The summed E-state index contributed by atoms with van der Waals surface area (Å²) < 4.78 is 3.24. The molecule has 1 saturated heterocycles. The number of hydrogen-bond donors (Lipinski definition) is 0. The summed E-state index contributed by atoms with van der Waals surface area (Å²) in [6.07, 6.45) is 6.19. The van der Waals surface area contributed by atoms with Crippen molar-refractivity contribution in [2.24, 2.45) is 7.05 Å². The summed E-state index contributed by atoms with van der Waals surface area (Å²) in [6.45, 7) is 3.51. The van der Waals surface area contributed by atoms with Crippen molar-refractivity contribution in [1.82, 2.24) is 19.2 Å². The predicted octanol–water partition coefficient (Wildman–Crippen LogP) is 2.85. The van der Waals surface area contributed by atoms with E-state index in [4.69, 9.17) is 0 Å². The molecule has 6 heteroatoms. The Morgan fingerprint density at radius 1 is 1.08 bits per heavy atom. The number of fused-ring (bicyclic) bond motifs is 3. The van der Waals surface area contributed by atoms with Crippen LogP contribution in [0, 0.1) is 0 Å². The Labute approximate surface area is 152 Å². The van der Waals surface area contributed by atoms with Gasteiger partial charge in [0.05, 0.1) is 11.7 Å². The molecule has 0 radical (unpaired) electrons. The van der Waals surface area contributed by atoms with Crippen LogP contribution < -0.4 is 5.56 Å². The van der Waals surface area contributed by atoms with E-state index in [9.17, 15) is 9.59 Å². The van der Waals surface area contributed by atoms with Crippen LogP contribution in [-0.4, -0.2) is 38.2 Å². The molecule has 1 aromatic carbocycles. The third-order valence-corrected chi connectivity index (χ3v) is 5.47. The SMILES string of the molecule is C[C@H](C(=O)N1CCCCCC1)n1c2ccccc2c2cnn(C)c(=O)c21. The van der Waals surface area contributed by atoms with Gasteiger partial charge in [-0.3, -0.25) is 9.59 Å². The van der Waals surface area contributed by atoms with Crippen molar-refractivity contribution < 1.29 is 4.79 Å². The van der Waals surface area contributed by atoms with Crippen LogP contribution in [0.25, 0.3) is 21.8 Å². The molecule has 2 aromatic heterocycles. The Bertz CT molecular complexity index is 1030. The maximum Gasteiger partial charge on any atom is 0.291 e. The molecule has 1 aliphatic rings. The highest BCUT2D eigenvalue weighted by Gasteiger charge is 2.27. The Hall–Kier alpha value is -2.63. The summed E-state index contributed by atoms with van der Waals surface area (Å²) in [5.41, 5.74) is 1.29. The van der Waals surface area contributed by atoms with E-state index in [1.807, 2.05) is 40.7 Å². The van der Waals surface area contributed by atoms with E-state index < -0.39 is 6.04 Å². The van der Waals surface area contributed by atoms with Gasteiger partial charge in [0.1, 0.15) is 11.6 Å². The largest absolute Gasteiger partial charge is 0.341 e. The van der Waals surface area contributed by atoms with Gasteiger partial charge in [-0.25, -0.2) is 4.68 Å². The molecule has 26 heavy (non-hydrogen) atoms. The first kappa shape index (κ1) is 16.8. The minimum absolute atomic E-state index is 0.0911. The fraction of sp³-hybridized carbons (Fsp3) is 0.450. The molecule has 136 valence electrons. The van der Waals surface area contributed by atoms with Crippen molar-refractivity contribution >= 4 is 27.7 Å². The Kier molecular flexibility index (Phi) is 4.26. The highest BCUT2D eigenvalue weighted by Crippen LogP contribution is 2.30. The Balaban J connectivity index is 1.90. The highest BCUT2D eigenvalue weighted by atomic mass is 16.2. The molecule has 6 nitrogen and oxygen atoms in total. The molecular formula is C20H24N4O2. The van der Waals surface area contributed by atoms with E-state index in [0.717, 1.165) is 42.2 Å². The minimum atomic E-state index is -0.425. The first-order valence-electron chi connectivity index (χ1n) is 9.33. The fourth-order valence-electron chi connectivity index (χ4n) is 4.06. The topological polar surface area (TPSA) is 60.1 Å². The second kappa shape index (κ2) is 6.59. The number of para-hydroxylation sites is 1. The zero-order valence-electron chi connectivity index (χ0n) is 15.3. The van der Waals surface area contributed by atoms with Crippen LogP contribution in [0.4, 0.5) is 0 Å². The Morgan fingerprint density at radius 2 is 1.77 bits per heavy atom. The third-order valence-electron chi connectivity index (χ3n) is 5.47. The number of aryl methyl sites for hydroxylation is 1. The second-order valence-electron chi connectivity index (χ2n) is 7.14. The van der Waals surface area contributed by atoms with E-state index in [1.165, 1.54) is 17.5 Å². The van der Waals surface area contributed by atoms with Crippen LogP contribution in [0.15, 0.2) is 35.3 Å². The quantitative estimate of drug-likeness (QED) is 0.712. The smallest absolute Gasteiger partial charge is 0.291 e. The summed E-state index contributed by atoms with van der Waals surface area (Å²) in [6, 6.07) is 7.42. The molecule has 0 saturated carbocycles. The average molecular weight is 352 g/mol. The van der Waals surface area contributed by atoms with E-state index >= 15 is 0 Å². The molecule has 0 N–H and O–H groups in total. The van der Waals surface area contributed by atoms with E-state index in [1.54, 1.807) is 13.2 Å². The number of likely N-dealkylation sites (tertiary alicyclic amines) is 1. The molecule has 0 spiro atoms. The molecule has 0 bridgehead atoms. The van der Waals surface area contributed by atoms with Crippen molar-refractivity contribution in [3.05, 3.63) is 40.8 Å². The van der Waals surface area contributed by atoms with Gasteiger partial charge >= 0.3 is 0 Å². The second-order valence-corrected chi connectivity index (χ2v) is 7.14. The van der Waals surface area contributed by atoms with Gasteiger partial charge in [0.15, 0.2) is 0 Å². The molecule has 0 unspecified atom stereocenters. The zero-order chi connectivity index (χ0) is 18.3. The van der Waals surface area contributed by atoms with Gasteiger partial charge in [0.2, 0.25) is 5.91 Å². The molecule has 1 atom stereocenters. The van der Waals surface area contributed by atoms with Crippen LogP contribution in [0.5, 0.6) is 0 Å².